The van der Waals surface area contributed by atoms with Gasteiger partial charge in [0.25, 0.3) is 0 Å². The van der Waals surface area contributed by atoms with E-state index in [0.717, 1.165) is 24.2 Å². The van der Waals surface area contributed by atoms with Crippen molar-refractivity contribution in [3.05, 3.63) is 29.3 Å². The van der Waals surface area contributed by atoms with Gasteiger partial charge in [-0.15, -0.1) is 0 Å². The van der Waals surface area contributed by atoms with Crippen LogP contribution in [0.4, 0.5) is 18.9 Å². The van der Waals surface area contributed by atoms with Crippen molar-refractivity contribution in [1.82, 2.24) is 4.90 Å². The summed E-state index contributed by atoms with van der Waals surface area (Å²) >= 11 is 0. The fourth-order valence-electron chi connectivity index (χ4n) is 3.15. The zero-order valence-electron chi connectivity index (χ0n) is 11.7. The molecule has 0 aromatic heterocycles. The highest BCUT2D eigenvalue weighted by atomic mass is 19.4. The molecule has 2 aliphatic heterocycles. The molecule has 0 spiro atoms. The number of para-hydroxylation sites is 1. The monoisotopic (exact) mass is 300 g/mol. The van der Waals surface area contributed by atoms with E-state index in [4.69, 9.17) is 0 Å². The van der Waals surface area contributed by atoms with Gasteiger partial charge in [-0.3, -0.25) is 4.90 Å². The minimum Gasteiger partial charge on any atom is -0.384 e. The summed E-state index contributed by atoms with van der Waals surface area (Å²) in [6.07, 6.45) is -4.04. The van der Waals surface area contributed by atoms with E-state index in [1.54, 1.807) is 0 Å². The average molecular weight is 300 g/mol. The van der Waals surface area contributed by atoms with Crippen LogP contribution in [0.2, 0.25) is 0 Å². The minimum absolute atomic E-state index is 0.251. The third-order valence-electron chi connectivity index (χ3n) is 4.54. The van der Waals surface area contributed by atoms with E-state index in [1.165, 1.54) is 5.56 Å². The van der Waals surface area contributed by atoms with Gasteiger partial charge < -0.3 is 10.4 Å². The Bertz CT molecular complexity index is 522. The molecule has 2 aliphatic rings. The Morgan fingerprint density at radius 1 is 1.24 bits per heavy atom. The molecule has 3 rings (SSSR count). The largest absolute Gasteiger partial charge is 0.417 e. The first-order chi connectivity index (χ1) is 9.89. The van der Waals surface area contributed by atoms with Gasteiger partial charge in [-0.25, -0.2) is 0 Å². The van der Waals surface area contributed by atoms with Crippen molar-refractivity contribution in [2.75, 3.05) is 25.0 Å². The SMILES string of the molecule is OC1(C(F)(F)F)CCN(Cc2cccc3c2NCC3)CC1. The van der Waals surface area contributed by atoms with Crippen molar-refractivity contribution in [2.24, 2.45) is 0 Å². The van der Waals surface area contributed by atoms with E-state index in [0.29, 0.717) is 6.54 Å². The van der Waals surface area contributed by atoms with E-state index < -0.39 is 11.8 Å². The maximum absolute atomic E-state index is 12.8. The standard InChI is InChI=1S/C15H19F3N2O/c16-15(17,18)14(21)5-8-20(9-6-14)10-12-3-1-2-11-4-7-19-13(11)12/h1-3,19,21H,4-10H2. The van der Waals surface area contributed by atoms with Crippen molar-refractivity contribution in [2.45, 2.75) is 37.6 Å². The smallest absolute Gasteiger partial charge is 0.384 e. The summed E-state index contributed by atoms with van der Waals surface area (Å²) in [6.45, 7) is 2.07. The van der Waals surface area contributed by atoms with E-state index >= 15 is 0 Å². The number of anilines is 1. The second kappa shape index (κ2) is 5.18. The van der Waals surface area contributed by atoms with Gasteiger partial charge in [0.1, 0.15) is 0 Å². The Morgan fingerprint density at radius 3 is 2.62 bits per heavy atom. The van der Waals surface area contributed by atoms with E-state index in [9.17, 15) is 18.3 Å². The van der Waals surface area contributed by atoms with Gasteiger partial charge in [0.2, 0.25) is 0 Å². The van der Waals surface area contributed by atoms with Crippen molar-refractivity contribution >= 4 is 5.69 Å². The maximum atomic E-state index is 12.8. The number of benzene rings is 1. The summed E-state index contributed by atoms with van der Waals surface area (Å²) in [6, 6.07) is 6.09. The molecule has 0 unspecified atom stereocenters. The zero-order valence-corrected chi connectivity index (χ0v) is 11.7. The van der Waals surface area contributed by atoms with Gasteiger partial charge in [-0.2, -0.15) is 13.2 Å². The maximum Gasteiger partial charge on any atom is 0.417 e. The quantitative estimate of drug-likeness (QED) is 0.881. The Morgan fingerprint density at radius 2 is 1.95 bits per heavy atom. The number of nitrogens with one attached hydrogen (secondary N) is 1. The lowest BCUT2D eigenvalue weighted by atomic mass is 9.90. The van der Waals surface area contributed by atoms with Gasteiger partial charge in [0.15, 0.2) is 5.60 Å². The van der Waals surface area contributed by atoms with Gasteiger partial charge in [-0.1, -0.05) is 18.2 Å². The van der Waals surface area contributed by atoms with Crippen LogP contribution in [0.25, 0.3) is 0 Å². The topological polar surface area (TPSA) is 35.5 Å². The molecule has 1 aromatic rings. The third kappa shape index (κ3) is 2.74. The summed E-state index contributed by atoms with van der Waals surface area (Å²) < 4.78 is 38.3. The highest BCUT2D eigenvalue weighted by Gasteiger charge is 2.54. The predicted octanol–water partition coefficient (Wildman–Crippen LogP) is 2.54. The number of likely N-dealkylation sites (tertiary alicyclic amines) is 1. The van der Waals surface area contributed by atoms with Crippen LogP contribution in [0.5, 0.6) is 0 Å². The van der Waals surface area contributed by atoms with Gasteiger partial charge >= 0.3 is 6.18 Å². The molecule has 0 amide bonds. The molecule has 1 aromatic carbocycles. The van der Waals surface area contributed by atoms with Crippen LogP contribution in [0.15, 0.2) is 18.2 Å². The molecule has 0 saturated carbocycles. The number of halogens is 3. The zero-order chi connectivity index (χ0) is 15.1. The highest BCUT2D eigenvalue weighted by Crippen LogP contribution is 2.39. The number of alkyl halides is 3. The Hall–Kier alpha value is -1.27. The lowest BCUT2D eigenvalue weighted by Crippen LogP contribution is -2.53. The summed E-state index contributed by atoms with van der Waals surface area (Å²) in [5.74, 6) is 0. The molecule has 0 atom stereocenters. The molecule has 0 radical (unpaired) electrons. The molecule has 2 heterocycles. The van der Waals surface area contributed by atoms with E-state index in [1.807, 2.05) is 17.0 Å². The molecule has 3 nitrogen and oxygen atoms in total. The summed E-state index contributed by atoms with van der Waals surface area (Å²) in [5.41, 5.74) is 1.02. The normalized spacial score (nSPS) is 21.9. The second-order valence-corrected chi connectivity index (χ2v) is 5.93. The highest BCUT2D eigenvalue weighted by molar-refractivity contribution is 5.61. The molecule has 1 fully saturated rings. The molecule has 21 heavy (non-hydrogen) atoms. The average Bonchev–Trinajstić information content (AvgIpc) is 2.90. The first-order valence-corrected chi connectivity index (χ1v) is 7.25. The van der Waals surface area contributed by atoms with Crippen molar-refractivity contribution in [3.8, 4) is 0 Å². The van der Waals surface area contributed by atoms with Crippen LogP contribution in [-0.4, -0.2) is 41.4 Å². The van der Waals surface area contributed by atoms with Crippen molar-refractivity contribution in [3.63, 3.8) is 0 Å². The fourth-order valence-corrected chi connectivity index (χ4v) is 3.15. The lowest BCUT2D eigenvalue weighted by Gasteiger charge is -2.39. The molecule has 6 heteroatoms. The number of aliphatic hydroxyl groups is 1. The number of hydrogen-bond donors (Lipinski definition) is 2. The summed E-state index contributed by atoms with van der Waals surface area (Å²) in [7, 11) is 0. The van der Waals surface area contributed by atoms with Crippen molar-refractivity contribution in [1.29, 1.82) is 0 Å². The van der Waals surface area contributed by atoms with Crippen LogP contribution in [0.1, 0.15) is 24.0 Å². The van der Waals surface area contributed by atoms with Crippen LogP contribution in [-0.2, 0) is 13.0 Å². The van der Waals surface area contributed by atoms with Gasteiger partial charge in [-0.05, 0) is 30.4 Å². The first kappa shape index (κ1) is 14.7. The predicted molar refractivity (Wildman–Crippen MR) is 74.2 cm³/mol. The number of rotatable bonds is 2. The first-order valence-electron chi connectivity index (χ1n) is 7.25. The lowest BCUT2D eigenvalue weighted by molar-refractivity contribution is -0.272. The molecule has 0 bridgehead atoms. The fraction of sp³-hybridized carbons (Fsp3) is 0.600. The van der Waals surface area contributed by atoms with E-state index in [2.05, 4.69) is 11.4 Å². The summed E-state index contributed by atoms with van der Waals surface area (Å²) in [5, 5.41) is 13.0. The van der Waals surface area contributed by atoms with Crippen LogP contribution >= 0.6 is 0 Å². The molecule has 1 saturated heterocycles. The van der Waals surface area contributed by atoms with E-state index in [-0.39, 0.29) is 25.9 Å². The van der Waals surface area contributed by atoms with Crippen LogP contribution < -0.4 is 5.32 Å². The Labute approximate surface area is 121 Å². The third-order valence-corrected chi connectivity index (χ3v) is 4.54. The molecular formula is C15H19F3N2O. The summed E-state index contributed by atoms with van der Waals surface area (Å²) in [4.78, 5) is 1.98. The second-order valence-electron chi connectivity index (χ2n) is 5.93. The molecular weight excluding hydrogens is 281 g/mol. The molecule has 116 valence electrons. The minimum atomic E-state index is -4.53. The van der Waals surface area contributed by atoms with Gasteiger partial charge in [0.05, 0.1) is 0 Å². The number of hydrogen-bond acceptors (Lipinski definition) is 3. The number of nitrogens with zero attached hydrogens (tertiary/aromatic N) is 1. The number of fused-ring (bicyclic) bond motifs is 1. The van der Waals surface area contributed by atoms with Crippen LogP contribution in [0.3, 0.4) is 0 Å². The molecule has 0 aliphatic carbocycles. The van der Waals surface area contributed by atoms with Crippen LogP contribution in [0, 0.1) is 0 Å². The Kier molecular flexibility index (Phi) is 3.61. The number of piperidine rings is 1. The molecule has 2 N–H and O–H groups in total. The van der Waals surface area contributed by atoms with Crippen molar-refractivity contribution < 1.29 is 18.3 Å². The Balaban J connectivity index is 1.66. The van der Waals surface area contributed by atoms with Gasteiger partial charge in [0, 0.05) is 31.9 Å².